The average Bonchev–Trinajstić information content (AvgIpc) is 2.62. The maximum Gasteiger partial charge on any atom is 0.233 e. The first-order valence-corrected chi connectivity index (χ1v) is 10.1. The van der Waals surface area contributed by atoms with Crippen molar-refractivity contribution in [2.75, 3.05) is 7.11 Å². The van der Waals surface area contributed by atoms with E-state index < -0.39 is 0 Å². The van der Waals surface area contributed by atoms with E-state index in [2.05, 4.69) is 5.32 Å². The third-order valence-corrected chi connectivity index (χ3v) is 5.85. The van der Waals surface area contributed by atoms with Crippen molar-refractivity contribution in [2.45, 2.75) is 49.0 Å². The Bertz CT molecular complexity index is 823. The molecule has 0 fully saturated rings. The number of hydrogen-bond donors (Lipinski definition) is 1. The Labute approximate surface area is 169 Å². The van der Waals surface area contributed by atoms with E-state index in [-0.39, 0.29) is 22.8 Å². The Morgan fingerprint density at radius 1 is 1.30 bits per heavy atom. The molecule has 0 unspecified atom stereocenters. The quantitative estimate of drug-likeness (QED) is 0.690. The highest BCUT2D eigenvalue weighted by Crippen LogP contribution is 2.41. The van der Waals surface area contributed by atoms with Crippen LogP contribution in [-0.4, -0.2) is 23.9 Å². The lowest BCUT2D eigenvalue weighted by Crippen LogP contribution is -2.43. The van der Waals surface area contributed by atoms with Crippen molar-refractivity contribution in [1.82, 2.24) is 5.32 Å². The maximum absolute atomic E-state index is 12.8. The largest absolute Gasteiger partial charge is 0.497 e. The molecule has 144 valence electrons. The SMILES string of the molecule is COc1ccc2c(c1)[C@@H](NC(=O)[C@H](C)Sc1ccc(Cl)cc1)CC(C)(C)O2. The minimum atomic E-state index is -0.355. The molecule has 2 aromatic rings. The number of hydrogen-bond acceptors (Lipinski definition) is 4. The number of thioether (sulfide) groups is 1. The van der Waals surface area contributed by atoms with Crippen molar-refractivity contribution >= 4 is 29.3 Å². The molecule has 6 heteroatoms. The second-order valence-corrected chi connectivity index (χ2v) is 9.10. The second kappa shape index (κ2) is 8.03. The standard InChI is InChI=1S/C21H24ClNO3S/c1-13(27-16-8-5-14(22)6-9-16)20(24)23-18-12-21(2,3)26-19-10-7-15(25-4)11-17(18)19/h5-11,13,18H,12H2,1-4H3,(H,23,24)/t13-,18-/m0/s1. The van der Waals surface area contributed by atoms with Crippen molar-refractivity contribution in [3.63, 3.8) is 0 Å². The fourth-order valence-corrected chi connectivity index (χ4v) is 4.15. The van der Waals surface area contributed by atoms with E-state index in [9.17, 15) is 4.79 Å². The summed E-state index contributed by atoms with van der Waals surface area (Å²) in [5, 5.41) is 3.65. The molecular formula is C21H24ClNO3S. The smallest absolute Gasteiger partial charge is 0.233 e. The summed E-state index contributed by atoms with van der Waals surface area (Å²) in [7, 11) is 1.63. The molecule has 0 aliphatic carbocycles. The van der Waals surface area contributed by atoms with Crippen molar-refractivity contribution < 1.29 is 14.3 Å². The number of ether oxygens (including phenoxy) is 2. The number of carbonyl (C=O) groups excluding carboxylic acids is 1. The maximum atomic E-state index is 12.8. The lowest BCUT2D eigenvalue weighted by Gasteiger charge is -2.38. The van der Waals surface area contributed by atoms with Gasteiger partial charge in [-0.2, -0.15) is 0 Å². The van der Waals surface area contributed by atoms with Crippen LogP contribution in [0.5, 0.6) is 11.5 Å². The summed E-state index contributed by atoms with van der Waals surface area (Å²) in [6.45, 7) is 5.97. The predicted molar refractivity (Wildman–Crippen MR) is 110 cm³/mol. The van der Waals surface area contributed by atoms with Crippen molar-refractivity contribution in [3.8, 4) is 11.5 Å². The molecule has 2 atom stereocenters. The summed E-state index contributed by atoms with van der Waals surface area (Å²) < 4.78 is 11.4. The van der Waals surface area contributed by atoms with Gasteiger partial charge in [0.1, 0.15) is 17.1 Å². The van der Waals surface area contributed by atoms with Crippen LogP contribution in [0.4, 0.5) is 0 Å². The third kappa shape index (κ3) is 4.90. The van der Waals surface area contributed by atoms with Crippen LogP contribution in [0.25, 0.3) is 0 Å². The minimum Gasteiger partial charge on any atom is -0.497 e. The molecular weight excluding hydrogens is 382 g/mol. The number of nitrogens with one attached hydrogen (secondary N) is 1. The molecule has 2 aromatic carbocycles. The minimum absolute atomic E-state index is 0.00794. The molecule has 4 nitrogen and oxygen atoms in total. The first kappa shape index (κ1) is 19.9. The number of rotatable bonds is 5. The zero-order valence-corrected chi connectivity index (χ0v) is 17.5. The molecule has 1 aliphatic rings. The number of fused-ring (bicyclic) bond motifs is 1. The normalized spacial score (nSPS) is 18.8. The molecule has 1 aliphatic heterocycles. The van der Waals surface area contributed by atoms with Crippen LogP contribution in [0.2, 0.25) is 5.02 Å². The molecule has 1 amide bonds. The number of methoxy groups -OCH3 is 1. The molecule has 0 radical (unpaired) electrons. The van der Waals surface area contributed by atoms with Gasteiger partial charge in [-0.05, 0) is 63.2 Å². The molecule has 1 N–H and O–H groups in total. The molecule has 0 saturated carbocycles. The van der Waals surface area contributed by atoms with E-state index in [4.69, 9.17) is 21.1 Å². The van der Waals surface area contributed by atoms with Gasteiger partial charge in [0, 0.05) is 21.9 Å². The molecule has 3 rings (SSSR count). The van der Waals surface area contributed by atoms with E-state index in [0.29, 0.717) is 11.4 Å². The number of halogens is 1. The summed E-state index contributed by atoms with van der Waals surface area (Å²) >= 11 is 7.44. The highest BCUT2D eigenvalue weighted by Gasteiger charge is 2.35. The molecule has 0 bridgehead atoms. The summed E-state index contributed by atoms with van der Waals surface area (Å²) in [6, 6.07) is 13.1. The Balaban J connectivity index is 1.75. The molecule has 27 heavy (non-hydrogen) atoms. The summed E-state index contributed by atoms with van der Waals surface area (Å²) in [4.78, 5) is 13.8. The van der Waals surface area contributed by atoms with Gasteiger partial charge in [0.15, 0.2) is 0 Å². The molecule has 0 aromatic heterocycles. The van der Waals surface area contributed by atoms with Crippen LogP contribution in [-0.2, 0) is 4.79 Å². The second-order valence-electron chi connectivity index (χ2n) is 7.24. The van der Waals surface area contributed by atoms with Gasteiger partial charge in [-0.1, -0.05) is 11.6 Å². The van der Waals surface area contributed by atoms with Gasteiger partial charge in [-0.15, -0.1) is 11.8 Å². The first-order valence-electron chi connectivity index (χ1n) is 8.87. The van der Waals surface area contributed by atoms with Crippen LogP contribution in [0.3, 0.4) is 0 Å². The van der Waals surface area contributed by atoms with Crippen LogP contribution in [0.1, 0.15) is 38.8 Å². The summed E-state index contributed by atoms with van der Waals surface area (Å²) in [6.07, 6.45) is 0.692. The monoisotopic (exact) mass is 405 g/mol. The first-order chi connectivity index (χ1) is 12.8. The van der Waals surface area contributed by atoms with E-state index >= 15 is 0 Å². The molecule has 0 saturated heterocycles. The lowest BCUT2D eigenvalue weighted by atomic mass is 9.89. The van der Waals surface area contributed by atoms with Crippen LogP contribution >= 0.6 is 23.4 Å². The van der Waals surface area contributed by atoms with Crippen molar-refractivity contribution in [1.29, 1.82) is 0 Å². The number of carbonyl (C=O) groups is 1. The Morgan fingerprint density at radius 3 is 2.67 bits per heavy atom. The average molecular weight is 406 g/mol. The highest BCUT2D eigenvalue weighted by atomic mass is 35.5. The number of benzene rings is 2. The fraction of sp³-hybridized carbons (Fsp3) is 0.381. The molecule has 1 heterocycles. The molecule has 0 spiro atoms. The van der Waals surface area contributed by atoms with Gasteiger partial charge >= 0.3 is 0 Å². The van der Waals surface area contributed by atoms with Crippen LogP contribution in [0, 0.1) is 0 Å². The summed E-state index contributed by atoms with van der Waals surface area (Å²) in [5.41, 5.74) is 0.595. The topological polar surface area (TPSA) is 47.6 Å². The van der Waals surface area contributed by atoms with E-state index in [1.165, 1.54) is 11.8 Å². The van der Waals surface area contributed by atoms with E-state index in [0.717, 1.165) is 22.0 Å². The third-order valence-electron chi connectivity index (χ3n) is 4.49. The fourth-order valence-electron chi connectivity index (χ4n) is 3.15. The zero-order chi connectivity index (χ0) is 19.6. The highest BCUT2D eigenvalue weighted by molar-refractivity contribution is 8.00. The van der Waals surface area contributed by atoms with Gasteiger partial charge in [0.25, 0.3) is 0 Å². The van der Waals surface area contributed by atoms with Crippen molar-refractivity contribution in [2.24, 2.45) is 0 Å². The summed E-state index contributed by atoms with van der Waals surface area (Å²) in [5.74, 6) is 1.53. The Hall–Kier alpha value is -1.85. The van der Waals surface area contributed by atoms with E-state index in [1.807, 2.05) is 63.2 Å². The Kier molecular flexibility index (Phi) is 5.92. The van der Waals surface area contributed by atoms with Crippen LogP contribution < -0.4 is 14.8 Å². The predicted octanol–water partition coefficient (Wildman–Crippen LogP) is 5.25. The van der Waals surface area contributed by atoms with E-state index in [1.54, 1.807) is 7.11 Å². The van der Waals surface area contributed by atoms with Crippen LogP contribution in [0.15, 0.2) is 47.4 Å². The van der Waals surface area contributed by atoms with Gasteiger partial charge in [-0.3, -0.25) is 4.79 Å². The van der Waals surface area contributed by atoms with Gasteiger partial charge < -0.3 is 14.8 Å². The zero-order valence-electron chi connectivity index (χ0n) is 15.9. The van der Waals surface area contributed by atoms with Gasteiger partial charge in [0.2, 0.25) is 5.91 Å². The lowest BCUT2D eigenvalue weighted by molar-refractivity contribution is -0.121. The Morgan fingerprint density at radius 2 is 2.00 bits per heavy atom. The number of amides is 1. The van der Waals surface area contributed by atoms with Gasteiger partial charge in [-0.25, -0.2) is 0 Å². The van der Waals surface area contributed by atoms with Crippen molar-refractivity contribution in [3.05, 3.63) is 53.1 Å². The van der Waals surface area contributed by atoms with Gasteiger partial charge in [0.05, 0.1) is 18.4 Å².